The van der Waals surface area contributed by atoms with Gasteiger partial charge in [0.15, 0.2) is 0 Å². The lowest BCUT2D eigenvalue weighted by Gasteiger charge is -2.15. The van der Waals surface area contributed by atoms with E-state index in [1.165, 1.54) is 4.70 Å². The molecular weight excluding hydrogens is 256 g/mol. The molecule has 3 aromatic heterocycles. The number of thiophene rings is 1. The lowest BCUT2D eigenvalue weighted by atomic mass is 10.0. The number of hydrogen-bond acceptors (Lipinski definition) is 5. The molecule has 4 nitrogen and oxygen atoms in total. The third kappa shape index (κ3) is 2.63. The fourth-order valence-corrected chi connectivity index (χ4v) is 2.84. The van der Waals surface area contributed by atoms with Crippen molar-refractivity contribution in [3.8, 4) is 0 Å². The first kappa shape index (κ1) is 12.2. The van der Waals surface area contributed by atoms with Gasteiger partial charge in [-0.05, 0) is 35.2 Å². The lowest BCUT2D eigenvalue weighted by Crippen LogP contribution is -2.29. The molecule has 1 unspecified atom stereocenters. The molecule has 3 rings (SSSR count). The van der Waals surface area contributed by atoms with Crippen molar-refractivity contribution in [1.82, 2.24) is 15.4 Å². The van der Waals surface area contributed by atoms with Crippen LogP contribution in [0.3, 0.4) is 0 Å². The molecule has 96 valence electrons. The first-order chi connectivity index (χ1) is 9.36. The second kappa shape index (κ2) is 5.44. The Bertz CT molecular complexity index is 665. The third-order valence-electron chi connectivity index (χ3n) is 3.07. The number of hydrazine groups is 1. The molecule has 0 saturated carbocycles. The number of rotatable bonds is 4. The van der Waals surface area contributed by atoms with Crippen molar-refractivity contribution < 1.29 is 0 Å². The van der Waals surface area contributed by atoms with Gasteiger partial charge in [-0.2, -0.15) is 0 Å². The fraction of sp³-hybridized carbons (Fsp3) is 0.143. The standard InChI is InChI=1S/C14H14N4S/c15-18-13(8-11-3-1-2-5-16-11)10-7-14-12(17-9-10)4-6-19-14/h1-7,9,13,18H,8,15H2. The largest absolute Gasteiger partial charge is 0.271 e. The number of pyridine rings is 2. The molecule has 0 aromatic carbocycles. The van der Waals surface area contributed by atoms with Crippen molar-refractivity contribution in [2.75, 3.05) is 0 Å². The van der Waals surface area contributed by atoms with Crippen LogP contribution in [0.1, 0.15) is 17.3 Å². The zero-order valence-corrected chi connectivity index (χ0v) is 11.1. The van der Waals surface area contributed by atoms with Gasteiger partial charge in [-0.1, -0.05) is 6.07 Å². The first-order valence-corrected chi connectivity index (χ1v) is 6.94. The maximum atomic E-state index is 5.67. The summed E-state index contributed by atoms with van der Waals surface area (Å²) in [6, 6.07) is 10.1. The summed E-state index contributed by atoms with van der Waals surface area (Å²) < 4.78 is 1.18. The molecule has 0 bridgehead atoms. The summed E-state index contributed by atoms with van der Waals surface area (Å²) in [5.41, 5.74) is 5.98. The van der Waals surface area contributed by atoms with Crippen molar-refractivity contribution >= 4 is 21.6 Å². The molecule has 0 fully saturated rings. The van der Waals surface area contributed by atoms with Crippen LogP contribution in [0.4, 0.5) is 0 Å². The van der Waals surface area contributed by atoms with Crippen LogP contribution in [-0.4, -0.2) is 9.97 Å². The Hall–Kier alpha value is -1.82. The molecule has 0 aliphatic heterocycles. The molecule has 19 heavy (non-hydrogen) atoms. The summed E-state index contributed by atoms with van der Waals surface area (Å²) >= 11 is 1.69. The maximum absolute atomic E-state index is 5.67. The molecule has 0 spiro atoms. The van der Waals surface area contributed by atoms with E-state index in [9.17, 15) is 0 Å². The second-order valence-corrected chi connectivity index (χ2v) is 5.26. The van der Waals surface area contributed by atoms with Crippen molar-refractivity contribution in [2.45, 2.75) is 12.5 Å². The van der Waals surface area contributed by atoms with Crippen LogP contribution in [0.25, 0.3) is 10.2 Å². The summed E-state index contributed by atoms with van der Waals surface area (Å²) in [4.78, 5) is 8.78. The highest BCUT2D eigenvalue weighted by molar-refractivity contribution is 7.17. The van der Waals surface area contributed by atoms with E-state index in [0.29, 0.717) is 0 Å². The minimum atomic E-state index is 0.0221. The third-order valence-corrected chi connectivity index (χ3v) is 3.92. The van der Waals surface area contributed by atoms with Crippen molar-refractivity contribution in [2.24, 2.45) is 5.84 Å². The predicted molar refractivity (Wildman–Crippen MR) is 77.6 cm³/mol. The van der Waals surface area contributed by atoms with E-state index in [4.69, 9.17) is 5.84 Å². The highest BCUT2D eigenvalue weighted by Crippen LogP contribution is 2.23. The molecule has 3 aromatic rings. The molecule has 0 saturated heterocycles. The van der Waals surface area contributed by atoms with E-state index in [2.05, 4.69) is 21.5 Å². The van der Waals surface area contributed by atoms with E-state index >= 15 is 0 Å². The Morgan fingerprint density at radius 3 is 3.00 bits per heavy atom. The Kier molecular flexibility index (Phi) is 3.50. The molecule has 1 atom stereocenters. The quantitative estimate of drug-likeness (QED) is 0.564. The van der Waals surface area contributed by atoms with Gasteiger partial charge in [0, 0.05) is 24.5 Å². The number of nitrogens with two attached hydrogens (primary N) is 1. The number of fused-ring (bicyclic) bond motifs is 1. The fourth-order valence-electron chi connectivity index (χ4n) is 2.05. The highest BCUT2D eigenvalue weighted by atomic mass is 32.1. The Balaban J connectivity index is 1.88. The van der Waals surface area contributed by atoms with E-state index < -0.39 is 0 Å². The van der Waals surface area contributed by atoms with Crippen molar-refractivity contribution in [1.29, 1.82) is 0 Å². The van der Waals surface area contributed by atoms with Gasteiger partial charge < -0.3 is 0 Å². The molecular formula is C14H14N4S. The number of nitrogens with one attached hydrogen (secondary N) is 1. The van der Waals surface area contributed by atoms with Crippen LogP contribution in [0, 0.1) is 0 Å². The van der Waals surface area contributed by atoms with Gasteiger partial charge in [0.05, 0.1) is 16.3 Å². The summed E-state index contributed by atoms with van der Waals surface area (Å²) in [6.45, 7) is 0. The summed E-state index contributed by atoms with van der Waals surface area (Å²) in [5, 5.41) is 2.05. The zero-order chi connectivity index (χ0) is 13.1. The summed E-state index contributed by atoms with van der Waals surface area (Å²) in [7, 11) is 0. The second-order valence-electron chi connectivity index (χ2n) is 4.32. The summed E-state index contributed by atoms with van der Waals surface area (Å²) in [6.07, 6.45) is 4.42. The van der Waals surface area contributed by atoms with Crippen molar-refractivity contribution in [3.05, 3.63) is 59.4 Å². The Morgan fingerprint density at radius 1 is 1.26 bits per heavy atom. The first-order valence-electron chi connectivity index (χ1n) is 6.06. The molecule has 0 amide bonds. The van der Waals surface area contributed by atoms with Gasteiger partial charge in [0.25, 0.3) is 0 Å². The van der Waals surface area contributed by atoms with Crippen LogP contribution in [0.15, 0.2) is 48.1 Å². The van der Waals surface area contributed by atoms with E-state index in [0.717, 1.165) is 23.2 Å². The highest BCUT2D eigenvalue weighted by Gasteiger charge is 2.12. The monoisotopic (exact) mass is 270 g/mol. The maximum Gasteiger partial charge on any atom is 0.0809 e. The Morgan fingerprint density at radius 2 is 2.21 bits per heavy atom. The van der Waals surface area contributed by atoms with Gasteiger partial charge in [0.2, 0.25) is 0 Å². The topological polar surface area (TPSA) is 63.8 Å². The SMILES string of the molecule is NNC(Cc1ccccn1)c1cnc2ccsc2c1. The average Bonchev–Trinajstić information content (AvgIpc) is 2.93. The normalized spacial score (nSPS) is 12.7. The molecule has 3 heterocycles. The molecule has 0 aliphatic rings. The van der Waals surface area contributed by atoms with Crippen molar-refractivity contribution in [3.63, 3.8) is 0 Å². The van der Waals surface area contributed by atoms with E-state index in [-0.39, 0.29) is 6.04 Å². The van der Waals surface area contributed by atoms with Crippen LogP contribution >= 0.6 is 11.3 Å². The van der Waals surface area contributed by atoms with Crippen LogP contribution in [0.5, 0.6) is 0 Å². The molecule has 0 radical (unpaired) electrons. The van der Waals surface area contributed by atoms with Crippen LogP contribution < -0.4 is 11.3 Å². The predicted octanol–water partition coefficient (Wildman–Crippen LogP) is 2.44. The van der Waals surface area contributed by atoms with Gasteiger partial charge in [-0.3, -0.25) is 21.2 Å². The molecule has 3 N–H and O–H groups in total. The smallest absolute Gasteiger partial charge is 0.0809 e. The molecule has 0 aliphatic carbocycles. The van der Waals surface area contributed by atoms with Gasteiger partial charge in [-0.25, -0.2) is 0 Å². The van der Waals surface area contributed by atoms with Gasteiger partial charge in [-0.15, -0.1) is 11.3 Å². The summed E-state index contributed by atoms with van der Waals surface area (Å²) in [5.74, 6) is 5.67. The van der Waals surface area contributed by atoms with Gasteiger partial charge >= 0.3 is 0 Å². The number of hydrogen-bond donors (Lipinski definition) is 2. The van der Waals surface area contributed by atoms with Gasteiger partial charge in [0.1, 0.15) is 0 Å². The number of nitrogens with zero attached hydrogens (tertiary/aromatic N) is 2. The Labute approximate surface area is 115 Å². The minimum Gasteiger partial charge on any atom is -0.271 e. The molecule has 5 heteroatoms. The minimum absolute atomic E-state index is 0.0221. The van der Waals surface area contributed by atoms with E-state index in [1.54, 1.807) is 17.5 Å². The van der Waals surface area contributed by atoms with Crippen LogP contribution in [0.2, 0.25) is 0 Å². The van der Waals surface area contributed by atoms with Crippen LogP contribution in [-0.2, 0) is 6.42 Å². The lowest BCUT2D eigenvalue weighted by molar-refractivity contribution is 0.545. The zero-order valence-electron chi connectivity index (χ0n) is 10.3. The van der Waals surface area contributed by atoms with E-state index in [1.807, 2.05) is 35.8 Å². The average molecular weight is 270 g/mol. The number of aromatic nitrogens is 2.